The van der Waals surface area contributed by atoms with E-state index in [0.717, 1.165) is 77.0 Å². The van der Waals surface area contributed by atoms with Gasteiger partial charge in [0, 0.05) is 12.8 Å². The number of ether oxygens (including phenoxy) is 1. The Morgan fingerprint density at radius 2 is 0.746 bits per heavy atom. The van der Waals surface area contributed by atoms with Crippen LogP contribution in [-0.4, -0.2) is 47.4 Å². The van der Waals surface area contributed by atoms with E-state index in [9.17, 15) is 19.8 Å². The van der Waals surface area contributed by atoms with E-state index in [2.05, 4.69) is 31.3 Å². The number of unbranched alkanes of at least 4 members (excludes halogenated alkanes) is 40. The Kier molecular flexibility index (Phi) is 52.0. The topological polar surface area (TPSA) is 95.9 Å². The molecule has 1 amide bonds. The summed E-state index contributed by atoms with van der Waals surface area (Å²) in [5.74, 6) is -0.100. The Hall–Kier alpha value is -1.40. The van der Waals surface area contributed by atoms with Gasteiger partial charge in [-0.1, -0.05) is 264 Å². The molecule has 2 atom stereocenters. The number of carbonyl (C=O) groups excluding carboxylic acids is 2. The highest BCUT2D eigenvalue weighted by molar-refractivity contribution is 5.76. The van der Waals surface area contributed by atoms with Crippen molar-refractivity contribution in [1.82, 2.24) is 5.32 Å². The van der Waals surface area contributed by atoms with Gasteiger partial charge in [-0.15, -0.1) is 0 Å². The molecule has 0 aliphatic heterocycles. The van der Waals surface area contributed by atoms with E-state index < -0.39 is 12.1 Å². The number of nitrogens with one attached hydrogen (secondary N) is 1. The summed E-state index contributed by atoms with van der Waals surface area (Å²) in [5, 5.41) is 23.3. The van der Waals surface area contributed by atoms with Crippen LogP contribution in [-0.2, 0) is 14.3 Å². The number of rotatable bonds is 53. The van der Waals surface area contributed by atoms with Crippen LogP contribution >= 0.6 is 0 Å². The van der Waals surface area contributed by atoms with E-state index in [-0.39, 0.29) is 18.5 Å². The lowest BCUT2D eigenvalue weighted by Gasteiger charge is -2.22. The van der Waals surface area contributed by atoms with Gasteiger partial charge >= 0.3 is 5.97 Å². The first-order valence-electron chi connectivity index (χ1n) is 28.4. The smallest absolute Gasteiger partial charge is 0.305 e. The van der Waals surface area contributed by atoms with Crippen molar-refractivity contribution >= 4 is 11.9 Å². The number of hydrogen-bond donors (Lipinski definition) is 3. The second-order valence-electron chi connectivity index (χ2n) is 19.6. The fourth-order valence-corrected chi connectivity index (χ4v) is 8.93. The van der Waals surface area contributed by atoms with Crippen LogP contribution in [0.4, 0.5) is 0 Å². The summed E-state index contributed by atoms with van der Waals surface area (Å²) < 4.78 is 5.44. The van der Waals surface area contributed by atoms with E-state index >= 15 is 0 Å². The molecule has 0 aliphatic carbocycles. The quantitative estimate of drug-likeness (QED) is 0.0321. The van der Waals surface area contributed by atoms with Gasteiger partial charge in [0.05, 0.1) is 25.4 Å². The van der Waals surface area contributed by atoms with Gasteiger partial charge in [-0.2, -0.15) is 0 Å². The first-order valence-corrected chi connectivity index (χ1v) is 28.4. The van der Waals surface area contributed by atoms with Gasteiger partial charge in [0.15, 0.2) is 0 Å². The predicted octanol–water partition coefficient (Wildman–Crippen LogP) is 17.3. The van der Waals surface area contributed by atoms with Gasteiger partial charge in [-0.25, -0.2) is 0 Å². The van der Waals surface area contributed by atoms with Crippen LogP contribution < -0.4 is 5.32 Å². The molecule has 3 N–H and O–H groups in total. The summed E-state index contributed by atoms with van der Waals surface area (Å²) in [6.45, 7) is 4.89. The van der Waals surface area contributed by atoms with E-state index in [1.54, 1.807) is 0 Å². The average molecular weight is 891 g/mol. The van der Waals surface area contributed by atoms with Gasteiger partial charge in [0.1, 0.15) is 0 Å². The molecule has 0 aromatic carbocycles. The second-order valence-corrected chi connectivity index (χ2v) is 19.6. The number of esters is 1. The molecule has 2 unspecified atom stereocenters. The minimum absolute atomic E-state index is 0.0330. The summed E-state index contributed by atoms with van der Waals surface area (Å²) >= 11 is 0. The fraction of sp³-hybridized carbons (Fsp3) is 0.930. The minimum atomic E-state index is -0.686. The van der Waals surface area contributed by atoms with Crippen LogP contribution in [0.15, 0.2) is 12.2 Å². The zero-order valence-electron chi connectivity index (χ0n) is 42.6. The van der Waals surface area contributed by atoms with Crippen molar-refractivity contribution in [3.05, 3.63) is 12.2 Å². The summed E-state index contributed by atoms with van der Waals surface area (Å²) in [7, 11) is 0. The number of carbonyl (C=O) groups is 2. The Morgan fingerprint density at radius 3 is 1.13 bits per heavy atom. The third-order valence-corrected chi connectivity index (χ3v) is 13.3. The highest BCUT2D eigenvalue weighted by Gasteiger charge is 2.20. The molecule has 6 nitrogen and oxygen atoms in total. The zero-order chi connectivity index (χ0) is 45.8. The van der Waals surface area contributed by atoms with E-state index in [1.807, 2.05) is 0 Å². The van der Waals surface area contributed by atoms with Crippen molar-refractivity contribution < 1.29 is 24.5 Å². The summed E-state index contributed by atoms with van der Waals surface area (Å²) in [4.78, 5) is 24.5. The van der Waals surface area contributed by atoms with E-state index in [1.165, 1.54) is 205 Å². The lowest BCUT2D eigenvalue weighted by molar-refractivity contribution is -0.143. The number of hydrogen-bond acceptors (Lipinski definition) is 5. The van der Waals surface area contributed by atoms with Crippen molar-refractivity contribution in [3.63, 3.8) is 0 Å². The van der Waals surface area contributed by atoms with Gasteiger partial charge < -0.3 is 20.3 Å². The van der Waals surface area contributed by atoms with Crippen LogP contribution in [0, 0.1) is 0 Å². The summed E-state index contributed by atoms with van der Waals surface area (Å²) in [6.07, 6.45) is 62.0. The molecule has 0 aromatic rings. The van der Waals surface area contributed by atoms with Gasteiger partial charge in [0.2, 0.25) is 5.91 Å². The molecule has 6 heteroatoms. The van der Waals surface area contributed by atoms with Gasteiger partial charge in [-0.05, 0) is 51.4 Å². The molecule has 0 aromatic heterocycles. The Bertz CT molecular complexity index is 939. The zero-order valence-corrected chi connectivity index (χ0v) is 42.6. The molecule has 0 spiro atoms. The van der Waals surface area contributed by atoms with Gasteiger partial charge in [-0.3, -0.25) is 9.59 Å². The molecule has 0 heterocycles. The molecule has 0 rings (SSSR count). The molecular weight excluding hydrogens is 779 g/mol. The molecule has 63 heavy (non-hydrogen) atoms. The normalized spacial score (nSPS) is 12.6. The lowest BCUT2D eigenvalue weighted by Crippen LogP contribution is -2.45. The second kappa shape index (κ2) is 53.2. The standard InChI is InChI=1S/C57H111NO5/c1-3-5-7-9-11-13-15-17-19-20-21-22-23-24-25-26-27-29-33-37-41-45-49-55(60)54(53-59)58-56(61)50-46-42-38-34-31-32-36-40-44-48-52-63-57(62)51-47-43-39-35-30-28-18-16-14-12-10-8-6-4-2/h32,36,54-55,59-60H,3-31,33-35,37-53H2,1-2H3,(H,58,61)/b36-32-. The first kappa shape index (κ1) is 61.6. The van der Waals surface area contributed by atoms with Crippen LogP contribution in [0.5, 0.6) is 0 Å². The van der Waals surface area contributed by atoms with Gasteiger partial charge in [0.25, 0.3) is 0 Å². The summed E-state index contributed by atoms with van der Waals surface area (Å²) in [5.41, 5.74) is 0. The fourth-order valence-electron chi connectivity index (χ4n) is 8.93. The molecule has 0 saturated heterocycles. The van der Waals surface area contributed by atoms with Crippen molar-refractivity contribution in [3.8, 4) is 0 Å². The maximum atomic E-state index is 12.5. The maximum Gasteiger partial charge on any atom is 0.305 e. The Labute approximate surface area is 393 Å². The third-order valence-electron chi connectivity index (χ3n) is 13.3. The average Bonchev–Trinajstić information content (AvgIpc) is 3.28. The molecule has 0 fully saturated rings. The highest BCUT2D eigenvalue weighted by atomic mass is 16.5. The largest absolute Gasteiger partial charge is 0.466 e. The van der Waals surface area contributed by atoms with Crippen LogP contribution in [0.2, 0.25) is 0 Å². The number of allylic oxidation sites excluding steroid dienone is 2. The minimum Gasteiger partial charge on any atom is -0.466 e. The molecule has 0 bridgehead atoms. The van der Waals surface area contributed by atoms with Crippen molar-refractivity contribution in [2.24, 2.45) is 0 Å². The highest BCUT2D eigenvalue weighted by Crippen LogP contribution is 2.17. The SMILES string of the molecule is CCCCCCCCCCCCCCCCCCCCCCCCC(O)C(CO)NC(=O)CCCCCC/C=C\CCCCOC(=O)CCCCCCCCCCCCCCCC. The van der Waals surface area contributed by atoms with Crippen LogP contribution in [0.25, 0.3) is 0 Å². The van der Waals surface area contributed by atoms with Crippen LogP contribution in [0.1, 0.15) is 316 Å². The Morgan fingerprint density at radius 1 is 0.429 bits per heavy atom. The van der Waals surface area contributed by atoms with E-state index in [0.29, 0.717) is 25.9 Å². The van der Waals surface area contributed by atoms with Crippen molar-refractivity contribution in [2.45, 2.75) is 328 Å². The monoisotopic (exact) mass is 890 g/mol. The molecule has 374 valence electrons. The third kappa shape index (κ3) is 49.9. The lowest BCUT2D eigenvalue weighted by atomic mass is 10.0. The molecular formula is C57H111NO5. The molecule has 0 saturated carbocycles. The number of aliphatic hydroxyl groups is 2. The Balaban J connectivity index is 3.50. The van der Waals surface area contributed by atoms with Crippen molar-refractivity contribution in [1.29, 1.82) is 0 Å². The first-order chi connectivity index (χ1) is 31.0. The molecule has 0 aliphatic rings. The maximum absolute atomic E-state index is 12.5. The number of aliphatic hydroxyl groups excluding tert-OH is 2. The van der Waals surface area contributed by atoms with Crippen molar-refractivity contribution in [2.75, 3.05) is 13.2 Å². The van der Waals surface area contributed by atoms with Crippen LogP contribution in [0.3, 0.4) is 0 Å². The summed E-state index contributed by atoms with van der Waals surface area (Å²) in [6, 6.07) is -0.566. The number of amides is 1. The predicted molar refractivity (Wildman–Crippen MR) is 273 cm³/mol. The van der Waals surface area contributed by atoms with E-state index in [4.69, 9.17) is 4.74 Å². The molecule has 0 radical (unpaired) electrons.